The van der Waals surface area contributed by atoms with Gasteiger partial charge in [-0.2, -0.15) is 0 Å². The largest absolute Gasteiger partial charge is 0.349 e. The molecule has 4 heteroatoms. The van der Waals surface area contributed by atoms with Gasteiger partial charge in [-0.3, -0.25) is 4.79 Å². The van der Waals surface area contributed by atoms with Gasteiger partial charge in [-0.25, -0.2) is 0 Å². The zero-order valence-corrected chi connectivity index (χ0v) is 12.7. The molecule has 2 unspecified atom stereocenters. The first kappa shape index (κ1) is 15.6. The number of hydrogen-bond donors (Lipinski definition) is 2. The van der Waals surface area contributed by atoms with Crippen molar-refractivity contribution in [3.8, 4) is 11.8 Å². The van der Waals surface area contributed by atoms with Crippen LogP contribution in [-0.2, 0) is 0 Å². The van der Waals surface area contributed by atoms with Crippen molar-refractivity contribution in [2.24, 2.45) is 11.7 Å². The van der Waals surface area contributed by atoms with Crippen LogP contribution in [0.4, 0.5) is 0 Å². The fourth-order valence-corrected chi connectivity index (χ4v) is 2.68. The standard InChI is InChI=1S/C17H23N3O/c1-13-12-20(2)11-9-16(13)19-17(21)15-7-5-14(6-8-15)4-3-10-18/h5-8,13,16H,9-12,18H2,1-2H3,(H,19,21). The number of carbonyl (C=O) groups excluding carboxylic acids is 1. The molecule has 21 heavy (non-hydrogen) atoms. The Bertz CT molecular complexity index is 541. The van der Waals surface area contributed by atoms with Gasteiger partial charge in [-0.1, -0.05) is 18.8 Å². The molecule has 1 heterocycles. The zero-order chi connectivity index (χ0) is 15.2. The Labute approximate surface area is 126 Å². The van der Waals surface area contributed by atoms with Crippen molar-refractivity contribution in [1.29, 1.82) is 0 Å². The molecule has 0 bridgehead atoms. The smallest absolute Gasteiger partial charge is 0.251 e. The normalized spacial score (nSPS) is 22.2. The molecule has 2 rings (SSSR count). The van der Waals surface area contributed by atoms with Crippen LogP contribution >= 0.6 is 0 Å². The van der Waals surface area contributed by atoms with E-state index < -0.39 is 0 Å². The quantitative estimate of drug-likeness (QED) is 0.799. The van der Waals surface area contributed by atoms with Crippen molar-refractivity contribution in [3.63, 3.8) is 0 Å². The molecule has 1 aromatic rings. The summed E-state index contributed by atoms with van der Waals surface area (Å²) in [7, 11) is 2.12. The molecule has 1 aromatic carbocycles. The Kier molecular flexibility index (Phi) is 5.38. The van der Waals surface area contributed by atoms with Gasteiger partial charge in [0.1, 0.15) is 0 Å². The molecule has 0 saturated carbocycles. The van der Waals surface area contributed by atoms with Gasteiger partial charge in [-0.15, -0.1) is 0 Å². The number of amides is 1. The van der Waals surface area contributed by atoms with Crippen LogP contribution in [0.1, 0.15) is 29.3 Å². The van der Waals surface area contributed by atoms with Gasteiger partial charge in [0.05, 0.1) is 6.54 Å². The van der Waals surface area contributed by atoms with Crippen molar-refractivity contribution in [2.75, 3.05) is 26.7 Å². The molecule has 0 aromatic heterocycles. The maximum atomic E-state index is 12.3. The first-order chi connectivity index (χ1) is 10.1. The second-order valence-corrected chi connectivity index (χ2v) is 5.69. The summed E-state index contributed by atoms with van der Waals surface area (Å²) in [6.45, 7) is 4.59. The van der Waals surface area contributed by atoms with E-state index in [0.717, 1.165) is 25.1 Å². The number of carbonyl (C=O) groups is 1. The zero-order valence-electron chi connectivity index (χ0n) is 12.7. The van der Waals surface area contributed by atoms with E-state index in [-0.39, 0.29) is 11.9 Å². The Balaban J connectivity index is 1.97. The molecular weight excluding hydrogens is 262 g/mol. The third kappa shape index (κ3) is 4.32. The molecule has 1 saturated heterocycles. The van der Waals surface area contributed by atoms with Crippen LogP contribution in [0.2, 0.25) is 0 Å². The second kappa shape index (κ2) is 7.26. The number of nitrogens with one attached hydrogen (secondary N) is 1. The van der Waals surface area contributed by atoms with Crippen LogP contribution in [0.5, 0.6) is 0 Å². The summed E-state index contributed by atoms with van der Waals surface area (Å²) in [6, 6.07) is 7.60. The fraction of sp³-hybridized carbons (Fsp3) is 0.471. The number of benzene rings is 1. The lowest BCUT2D eigenvalue weighted by atomic mass is 9.94. The van der Waals surface area contributed by atoms with E-state index in [2.05, 4.69) is 36.0 Å². The Hall–Kier alpha value is -1.83. The van der Waals surface area contributed by atoms with E-state index in [1.165, 1.54) is 0 Å². The van der Waals surface area contributed by atoms with E-state index in [1.54, 1.807) is 0 Å². The summed E-state index contributed by atoms with van der Waals surface area (Å²) in [5.74, 6) is 6.22. The third-order valence-electron chi connectivity index (χ3n) is 3.91. The molecule has 0 spiro atoms. The summed E-state index contributed by atoms with van der Waals surface area (Å²) >= 11 is 0. The maximum absolute atomic E-state index is 12.3. The van der Waals surface area contributed by atoms with Crippen molar-refractivity contribution < 1.29 is 4.79 Å². The summed E-state index contributed by atoms with van der Waals surface area (Å²) < 4.78 is 0. The van der Waals surface area contributed by atoms with E-state index in [4.69, 9.17) is 5.73 Å². The highest BCUT2D eigenvalue weighted by atomic mass is 16.1. The molecule has 0 radical (unpaired) electrons. The summed E-state index contributed by atoms with van der Waals surface area (Å²) in [5.41, 5.74) is 6.90. The van der Waals surface area contributed by atoms with Gasteiger partial charge in [0.25, 0.3) is 5.91 Å². The number of nitrogens with zero attached hydrogens (tertiary/aromatic N) is 1. The highest BCUT2D eigenvalue weighted by Crippen LogP contribution is 2.16. The molecule has 1 aliphatic rings. The third-order valence-corrected chi connectivity index (χ3v) is 3.91. The van der Waals surface area contributed by atoms with Gasteiger partial charge in [0.2, 0.25) is 0 Å². The molecule has 4 nitrogen and oxygen atoms in total. The number of likely N-dealkylation sites (tertiary alicyclic amines) is 1. The second-order valence-electron chi connectivity index (χ2n) is 5.69. The maximum Gasteiger partial charge on any atom is 0.251 e. The number of rotatable bonds is 2. The average Bonchev–Trinajstić information content (AvgIpc) is 2.48. The predicted octanol–water partition coefficient (Wildman–Crippen LogP) is 1.07. The van der Waals surface area contributed by atoms with Crippen LogP contribution < -0.4 is 11.1 Å². The molecule has 1 fully saturated rings. The lowest BCUT2D eigenvalue weighted by molar-refractivity contribution is 0.0884. The highest BCUT2D eigenvalue weighted by Gasteiger charge is 2.25. The Morgan fingerprint density at radius 3 is 2.76 bits per heavy atom. The predicted molar refractivity (Wildman–Crippen MR) is 84.9 cm³/mol. The first-order valence-electron chi connectivity index (χ1n) is 7.38. The van der Waals surface area contributed by atoms with Crippen molar-refractivity contribution in [2.45, 2.75) is 19.4 Å². The van der Waals surface area contributed by atoms with Crippen LogP contribution in [0.25, 0.3) is 0 Å². The number of piperidine rings is 1. The molecule has 1 amide bonds. The van der Waals surface area contributed by atoms with Crippen LogP contribution in [-0.4, -0.2) is 43.5 Å². The summed E-state index contributed by atoms with van der Waals surface area (Å²) in [4.78, 5) is 14.6. The van der Waals surface area contributed by atoms with Crippen molar-refractivity contribution in [3.05, 3.63) is 35.4 Å². The molecule has 112 valence electrons. The number of hydrogen-bond acceptors (Lipinski definition) is 3. The van der Waals surface area contributed by atoms with Crippen LogP contribution in [0.15, 0.2) is 24.3 Å². The van der Waals surface area contributed by atoms with Crippen LogP contribution in [0, 0.1) is 17.8 Å². The SMILES string of the molecule is CC1CN(C)CCC1NC(=O)c1ccc(C#CCN)cc1. The van der Waals surface area contributed by atoms with Gasteiger partial charge < -0.3 is 16.0 Å². The lowest BCUT2D eigenvalue weighted by Gasteiger charge is -2.35. The van der Waals surface area contributed by atoms with Crippen molar-refractivity contribution >= 4 is 5.91 Å². The minimum absolute atomic E-state index is 0.00487. The molecule has 0 aliphatic carbocycles. The molecule has 3 N–H and O–H groups in total. The minimum Gasteiger partial charge on any atom is -0.349 e. The highest BCUT2D eigenvalue weighted by molar-refractivity contribution is 5.94. The van der Waals surface area contributed by atoms with Gasteiger partial charge >= 0.3 is 0 Å². The lowest BCUT2D eigenvalue weighted by Crippen LogP contribution is -2.48. The summed E-state index contributed by atoms with van der Waals surface area (Å²) in [5, 5.41) is 3.15. The van der Waals surface area contributed by atoms with Gasteiger partial charge in [0.15, 0.2) is 0 Å². The molecule has 1 aliphatic heterocycles. The van der Waals surface area contributed by atoms with E-state index in [1.807, 2.05) is 24.3 Å². The van der Waals surface area contributed by atoms with E-state index in [0.29, 0.717) is 18.0 Å². The Morgan fingerprint density at radius 1 is 1.43 bits per heavy atom. The van der Waals surface area contributed by atoms with Gasteiger partial charge in [-0.05, 0) is 50.2 Å². The van der Waals surface area contributed by atoms with E-state index >= 15 is 0 Å². The molecule has 2 atom stereocenters. The van der Waals surface area contributed by atoms with Gasteiger partial charge in [0, 0.05) is 23.7 Å². The van der Waals surface area contributed by atoms with Crippen molar-refractivity contribution in [1.82, 2.24) is 10.2 Å². The first-order valence-corrected chi connectivity index (χ1v) is 7.38. The van der Waals surface area contributed by atoms with E-state index in [9.17, 15) is 4.79 Å². The fourth-order valence-electron chi connectivity index (χ4n) is 2.68. The minimum atomic E-state index is -0.00487. The monoisotopic (exact) mass is 285 g/mol. The van der Waals surface area contributed by atoms with Crippen LogP contribution in [0.3, 0.4) is 0 Å². The number of nitrogens with two attached hydrogens (primary N) is 1. The summed E-state index contributed by atoms with van der Waals surface area (Å²) in [6.07, 6.45) is 1.00. The topological polar surface area (TPSA) is 58.4 Å². The Morgan fingerprint density at radius 2 is 2.14 bits per heavy atom. The average molecular weight is 285 g/mol. The molecular formula is C17H23N3O.